The van der Waals surface area contributed by atoms with E-state index in [9.17, 15) is 14.9 Å². The Labute approximate surface area is 188 Å². The van der Waals surface area contributed by atoms with Crippen molar-refractivity contribution in [1.29, 1.82) is 0 Å². The number of nitrogens with two attached hydrogens (primary N) is 1. The summed E-state index contributed by atoms with van der Waals surface area (Å²) >= 11 is 0. The van der Waals surface area contributed by atoms with Crippen molar-refractivity contribution >= 4 is 28.4 Å². The molecule has 33 heavy (non-hydrogen) atoms. The van der Waals surface area contributed by atoms with Crippen molar-refractivity contribution in [3.63, 3.8) is 0 Å². The smallest absolute Gasteiger partial charge is 0.270 e. The number of nitro groups is 1. The van der Waals surface area contributed by atoms with Gasteiger partial charge in [0.05, 0.1) is 17.2 Å². The number of piperidine rings is 1. The molecule has 0 aliphatic carbocycles. The first-order chi connectivity index (χ1) is 15.9. The lowest BCUT2D eigenvalue weighted by Gasteiger charge is -2.31. The molecule has 1 saturated heterocycles. The molecule has 0 unspecified atom stereocenters. The number of amides is 1. The van der Waals surface area contributed by atoms with Crippen LogP contribution in [0.25, 0.3) is 33.4 Å². The van der Waals surface area contributed by atoms with E-state index in [1.807, 2.05) is 21.8 Å². The number of nitrogen functional groups attached to an aromatic ring is 1. The fourth-order valence-electron chi connectivity index (χ4n) is 4.31. The third kappa shape index (κ3) is 3.79. The topological polar surface area (TPSA) is 133 Å². The van der Waals surface area contributed by atoms with E-state index in [0.717, 1.165) is 42.4 Å². The second-order valence-electron chi connectivity index (χ2n) is 8.16. The molecule has 1 aliphatic rings. The minimum atomic E-state index is -0.442. The maximum atomic E-state index is 11.6. The number of pyridine rings is 1. The number of furan rings is 1. The molecule has 1 fully saturated rings. The van der Waals surface area contributed by atoms with Gasteiger partial charge in [-0.15, -0.1) is 0 Å². The van der Waals surface area contributed by atoms with Gasteiger partial charge in [0.2, 0.25) is 5.91 Å². The number of carbonyl (C=O) groups is 1. The van der Waals surface area contributed by atoms with E-state index in [0.29, 0.717) is 16.9 Å². The van der Waals surface area contributed by atoms with E-state index in [4.69, 9.17) is 10.2 Å². The van der Waals surface area contributed by atoms with Crippen molar-refractivity contribution in [3.8, 4) is 22.5 Å². The molecule has 4 aromatic rings. The first-order valence-electron chi connectivity index (χ1n) is 10.6. The summed E-state index contributed by atoms with van der Waals surface area (Å²) in [5, 5.41) is 16.5. The lowest BCUT2D eigenvalue weighted by Crippen LogP contribution is -2.37. The van der Waals surface area contributed by atoms with Crippen LogP contribution in [-0.2, 0) is 4.79 Å². The van der Waals surface area contributed by atoms with Gasteiger partial charge in [0.15, 0.2) is 11.4 Å². The number of benzene rings is 1. The number of likely N-dealkylation sites (tertiary alicyclic amines) is 1. The van der Waals surface area contributed by atoms with Crippen LogP contribution >= 0.6 is 0 Å². The second-order valence-corrected chi connectivity index (χ2v) is 8.16. The van der Waals surface area contributed by atoms with Crippen molar-refractivity contribution in [3.05, 3.63) is 59.0 Å². The lowest BCUT2D eigenvalue weighted by molar-refractivity contribution is -0.384. The summed E-state index contributed by atoms with van der Waals surface area (Å²) in [7, 11) is 0. The van der Waals surface area contributed by atoms with Crippen LogP contribution in [-0.4, -0.2) is 43.6 Å². The van der Waals surface area contributed by atoms with Crippen LogP contribution in [0.4, 0.5) is 11.5 Å². The molecule has 4 heterocycles. The molecule has 168 valence electrons. The number of rotatable bonds is 4. The number of carbonyl (C=O) groups excluding carboxylic acids is 1. The van der Waals surface area contributed by atoms with Crippen LogP contribution in [0.15, 0.2) is 53.3 Å². The van der Waals surface area contributed by atoms with Crippen molar-refractivity contribution in [2.24, 2.45) is 0 Å². The third-order valence-electron chi connectivity index (χ3n) is 6.13. The first-order valence-corrected chi connectivity index (χ1v) is 10.6. The Morgan fingerprint density at radius 1 is 1.21 bits per heavy atom. The zero-order chi connectivity index (χ0) is 23.1. The molecule has 0 atom stereocenters. The van der Waals surface area contributed by atoms with Crippen molar-refractivity contribution in [2.75, 3.05) is 18.8 Å². The number of hydrogen-bond donors (Lipinski definition) is 1. The Hall–Kier alpha value is -4.21. The lowest BCUT2D eigenvalue weighted by atomic mass is 10.0. The molecule has 10 nitrogen and oxygen atoms in total. The summed E-state index contributed by atoms with van der Waals surface area (Å²) in [4.78, 5) is 28.4. The fourth-order valence-corrected chi connectivity index (χ4v) is 4.31. The van der Waals surface area contributed by atoms with Crippen molar-refractivity contribution in [2.45, 2.75) is 25.8 Å². The van der Waals surface area contributed by atoms with Gasteiger partial charge in [-0.1, -0.05) is 12.1 Å². The number of non-ortho nitro benzene ring substituents is 1. The average Bonchev–Trinajstić information content (AvgIpc) is 3.48. The minimum Gasteiger partial charge on any atom is -0.452 e. The highest BCUT2D eigenvalue weighted by atomic mass is 16.6. The number of aromatic nitrogens is 3. The standard InChI is InChI=1S/C23H22N6O4/c1-14(30)27-7-5-17(6-8-27)28-13-16(11-26-28)20-12-25-23(24)22-19(20)10-21(33-22)15-3-2-4-18(9-15)29(31)32/h2-4,9-13,17H,5-8H2,1H3,(H2,24,25). The summed E-state index contributed by atoms with van der Waals surface area (Å²) in [6, 6.07) is 8.31. The summed E-state index contributed by atoms with van der Waals surface area (Å²) in [5.74, 6) is 0.817. The molecule has 0 bridgehead atoms. The molecule has 1 aliphatic heterocycles. The molecule has 5 rings (SSSR count). The summed E-state index contributed by atoms with van der Waals surface area (Å²) < 4.78 is 7.91. The highest BCUT2D eigenvalue weighted by Gasteiger charge is 2.23. The fraction of sp³-hybridized carbons (Fsp3) is 0.261. The Bertz CT molecular complexity index is 1370. The van der Waals surface area contributed by atoms with Gasteiger partial charge < -0.3 is 15.1 Å². The SMILES string of the molecule is CC(=O)N1CCC(n2cc(-c3cnc(N)c4oc(-c5cccc([N+](=O)[O-])c5)cc34)cn2)CC1. The second kappa shape index (κ2) is 8.05. The van der Waals surface area contributed by atoms with Gasteiger partial charge in [-0.25, -0.2) is 4.98 Å². The molecular formula is C23H22N6O4. The predicted octanol–water partition coefficient (Wildman–Crippen LogP) is 4.03. The monoisotopic (exact) mass is 446 g/mol. The largest absolute Gasteiger partial charge is 0.452 e. The van der Waals surface area contributed by atoms with E-state index in [1.165, 1.54) is 12.1 Å². The molecule has 2 N–H and O–H groups in total. The quantitative estimate of drug-likeness (QED) is 0.369. The van der Waals surface area contributed by atoms with Gasteiger partial charge in [-0.05, 0) is 18.9 Å². The van der Waals surface area contributed by atoms with Crippen molar-refractivity contribution in [1.82, 2.24) is 19.7 Å². The molecular weight excluding hydrogens is 424 g/mol. The Morgan fingerprint density at radius 3 is 2.73 bits per heavy atom. The van der Waals surface area contributed by atoms with Crippen LogP contribution in [0.1, 0.15) is 25.8 Å². The first kappa shape index (κ1) is 20.7. The molecule has 1 amide bonds. The van der Waals surface area contributed by atoms with Crippen molar-refractivity contribution < 1.29 is 14.1 Å². The number of hydrogen-bond acceptors (Lipinski definition) is 7. The van der Waals surface area contributed by atoms with E-state index in [-0.39, 0.29) is 23.5 Å². The van der Waals surface area contributed by atoms with Gasteiger partial charge in [-0.2, -0.15) is 5.10 Å². The van der Waals surface area contributed by atoms with E-state index in [2.05, 4.69) is 10.1 Å². The summed E-state index contributed by atoms with van der Waals surface area (Å²) in [5.41, 5.74) is 8.74. The Kier molecular flexibility index (Phi) is 5.04. The van der Waals surface area contributed by atoms with Gasteiger partial charge in [0.1, 0.15) is 5.76 Å². The number of nitrogens with zero attached hydrogens (tertiary/aromatic N) is 5. The van der Waals surface area contributed by atoms with Gasteiger partial charge in [0.25, 0.3) is 5.69 Å². The summed E-state index contributed by atoms with van der Waals surface area (Å²) in [6.07, 6.45) is 7.13. The van der Waals surface area contributed by atoms with Crippen LogP contribution < -0.4 is 5.73 Å². The maximum absolute atomic E-state index is 11.6. The third-order valence-corrected chi connectivity index (χ3v) is 6.13. The molecule has 1 aromatic carbocycles. The number of fused-ring (bicyclic) bond motifs is 1. The number of anilines is 1. The Morgan fingerprint density at radius 2 is 2.00 bits per heavy atom. The number of nitro benzene ring substituents is 1. The molecule has 0 radical (unpaired) electrons. The normalized spacial score (nSPS) is 14.6. The van der Waals surface area contributed by atoms with E-state index in [1.54, 1.807) is 31.5 Å². The minimum absolute atomic E-state index is 0.0172. The van der Waals surface area contributed by atoms with Gasteiger partial charge in [-0.3, -0.25) is 19.6 Å². The van der Waals surface area contributed by atoms with Crippen LogP contribution in [0.2, 0.25) is 0 Å². The highest BCUT2D eigenvalue weighted by Crippen LogP contribution is 2.37. The average molecular weight is 446 g/mol. The molecule has 3 aromatic heterocycles. The Balaban J connectivity index is 1.49. The predicted molar refractivity (Wildman–Crippen MR) is 122 cm³/mol. The highest BCUT2D eigenvalue weighted by molar-refractivity contribution is 6.00. The van der Waals surface area contributed by atoms with Gasteiger partial charge >= 0.3 is 0 Å². The zero-order valence-corrected chi connectivity index (χ0v) is 18.0. The zero-order valence-electron chi connectivity index (χ0n) is 18.0. The molecule has 0 saturated carbocycles. The maximum Gasteiger partial charge on any atom is 0.270 e. The molecule has 10 heteroatoms. The molecule has 0 spiro atoms. The van der Waals surface area contributed by atoms with Crippen LogP contribution in [0, 0.1) is 10.1 Å². The van der Waals surface area contributed by atoms with E-state index >= 15 is 0 Å². The van der Waals surface area contributed by atoms with Gasteiger partial charge in [0, 0.05) is 66.6 Å². The van der Waals surface area contributed by atoms with Crippen LogP contribution in [0.3, 0.4) is 0 Å². The van der Waals surface area contributed by atoms with Crippen LogP contribution in [0.5, 0.6) is 0 Å². The van der Waals surface area contributed by atoms with E-state index < -0.39 is 4.92 Å². The summed E-state index contributed by atoms with van der Waals surface area (Å²) in [6.45, 7) is 3.03.